The van der Waals surface area contributed by atoms with Crippen LogP contribution in [0.4, 0.5) is 10.1 Å². The number of rotatable bonds is 2. The van der Waals surface area contributed by atoms with E-state index in [4.69, 9.17) is 19.9 Å². The summed E-state index contributed by atoms with van der Waals surface area (Å²) in [5.74, 6) is -0.474. The number of hydrogen-bond acceptors (Lipinski definition) is 4. The van der Waals surface area contributed by atoms with Crippen LogP contribution in [0.25, 0.3) is 0 Å². The lowest BCUT2D eigenvalue weighted by Gasteiger charge is -2.21. The van der Waals surface area contributed by atoms with Crippen LogP contribution in [-0.4, -0.2) is 24.1 Å². The molecule has 0 spiro atoms. The molecule has 1 aromatic rings. The van der Waals surface area contributed by atoms with Gasteiger partial charge in [-0.25, -0.2) is 4.39 Å². The molecule has 104 valence electrons. The van der Waals surface area contributed by atoms with Crippen LogP contribution in [0.15, 0.2) is 18.2 Å². The lowest BCUT2D eigenvalue weighted by molar-refractivity contribution is -0.155. The van der Waals surface area contributed by atoms with Crippen LogP contribution in [0, 0.1) is 5.82 Å². The molecule has 1 aromatic carbocycles. The molecule has 0 bridgehead atoms. The number of ether oxygens (including phenoxy) is 3. The van der Waals surface area contributed by atoms with E-state index in [-0.39, 0.29) is 24.1 Å². The molecule has 5 heteroatoms. The maximum Gasteiger partial charge on any atom is 0.163 e. The summed E-state index contributed by atoms with van der Waals surface area (Å²) in [4.78, 5) is 0. The van der Waals surface area contributed by atoms with Gasteiger partial charge in [-0.05, 0) is 26.0 Å². The van der Waals surface area contributed by atoms with E-state index in [2.05, 4.69) is 0 Å². The van der Waals surface area contributed by atoms with Crippen LogP contribution >= 0.6 is 0 Å². The smallest absolute Gasteiger partial charge is 0.163 e. The van der Waals surface area contributed by atoms with Crippen molar-refractivity contribution in [3.8, 4) is 5.75 Å². The Morgan fingerprint density at radius 2 is 1.89 bits per heavy atom. The number of fused-ring (bicyclic) bond motifs is 1. The Balaban J connectivity index is 1.66. The first kappa shape index (κ1) is 12.7. The molecule has 1 aliphatic carbocycles. The second-order valence-corrected chi connectivity index (χ2v) is 5.61. The molecule has 1 saturated carbocycles. The van der Waals surface area contributed by atoms with E-state index < -0.39 is 5.79 Å². The van der Waals surface area contributed by atoms with Crippen molar-refractivity contribution in [2.24, 2.45) is 0 Å². The zero-order chi connectivity index (χ0) is 13.6. The number of nitrogen functional groups attached to an aromatic ring is 1. The van der Waals surface area contributed by atoms with E-state index in [9.17, 15) is 4.39 Å². The standard InChI is InChI=1S/C14H18FNO3/c1-14(2)18-12-6-9(7-13(12)19-14)17-11-5-8(15)3-4-10(11)16/h3-5,9,12-13H,6-7,16H2,1-2H3. The highest BCUT2D eigenvalue weighted by atomic mass is 19.1. The summed E-state index contributed by atoms with van der Waals surface area (Å²) in [6.45, 7) is 3.82. The van der Waals surface area contributed by atoms with Gasteiger partial charge >= 0.3 is 0 Å². The van der Waals surface area contributed by atoms with Crippen LogP contribution < -0.4 is 10.5 Å². The van der Waals surface area contributed by atoms with Crippen LogP contribution in [0.1, 0.15) is 26.7 Å². The highest BCUT2D eigenvalue weighted by Gasteiger charge is 2.48. The van der Waals surface area contributed by atoms with E-state index in [0.717, 1.165) is 12.8 Å². The summed E-state index contributed by atoms with van der Waals surface area (Å²) in [5, 5.41) is 0. The molecular formula is C14H18FNO3. The second kappa shape index (κ2) is 4.35. The predicted octanol–water partition coefficient (Wildman–Crippen LogP) is 2.47. The fourth-order valence-corrected chi connectivity index (χ4v) is 2.81. The normalized spacial score (nSPS) is 32.3. The molecule has 19 heavy (non-hydrogen) atoms. The van der Waals surface area contributed by atoms with Gasteiger partial charge in [-0.1, -0.05) is 0 Å². The van der Waals surface area contributed by atoms with E-state index in [1.807, 2.05) is 13.8 Å². The van der Waals surface area contributed by atoms with Crippen molar-refractivity contribution in [2.45, 2.75) is 50.8 Å². The molecule has 1 saturated heterocycles. The molecule has 0 amide bonds. The van der Waals surface area contributed by atoms with Gasteiger partial charge in [0.15, 0.2) is 5.79 Å². The molecule has 2 unspecified atom stereocenters. The highest BCUT2D eigenvalue weighted by Crippen LogP contribution is 2.40. The first-order valence-electron chi connectivity index (χ1n) is 6.50. The number of anilines is 1. The maximum absolute atomic E-state index is 13.2. The minimum atomic E-state index is -0.516. The summed E-state index contributed by atoms with van der Waals surface area (Å²) in [6.07, 6.45) is 1.54. The van der Waals surface area contributed by atoms with Gasteiger partial charge in [0.2, 0.25) is 0 Å². The van der Waals surface area contributed by atoms with Gasteiger partial charge in [-0.2, -0.15) is 0 Å². The lowest BCUT2D eigenvalue weighted by atomic mass is 10.2. The summed E-state index contributed by atoms with van der Waals surface area (Å²) < 4.78 is 30.5. The van der Waals surface area contributed by atoms with Gasteiger partial charge in [0.1, 0.15) is 17.7 Å². The molecule has 2 aliphatic rings. The SMILES string of the molecule is CC1(C)OC2CC(Oc3cc(F)ccc3N)CC2O1. The van der Waals surface area contributed by atoms with Crippen molar-refractivity contribution in [3.05, 3.63) is 24.0 Å². The molecule has 2 fully saturated rings. The van der Waals surface area contributed by atoms with Gasteiger partial charge in [0, 0.05) is 18.9 Å². The zero-order valence-corrected chi connectivity index (χ0v) is 11.1. The summed E-state index contributed by atoms with van der Waals surface area (Å²) in [6, 6.07) is 4.14. The minimum absolute atomic E-state index is 0.0461. The molecule has 4 nitrogen and oxygen atoms in total. The van der Waals surface area contributed by atoms with Crippen molar-refractivity contribution < 1.29 is 18.6 Å². The summed E-state index contributed by atoms with van der Waals surface area (Å²) >= 11 is 0. The average Bonchev–Trinajstić information content (AvgIpc) is 2.76. The van der Waals surface area contributed by atoms with Crippen molar-refractivity contribution in [1.82, 2.24) is 0 Å². The van der Waals surface area contributed by atoms with Crippen LogP contribution in [0.3, 0.4) is 0 Å². The number of hydrogen-bond donors (Lipinski definition) is 1. The Morgan fingerprint density at radius 3 is 2.53 bits per heavy atom. The fourth-order valence-electron chi connectivity index (χ4n) is 2.81. The van der Waals surface area contributed by atoms with E-state index >= 15 is 0 Å². The highest BCUT2D eigenvalue weighted by molar-refractivity contribution is 5.52. The van der Waals surface area contributed by atoms with Crippen molar-refractivity contribution in [2.75, 3.05) is 5.73 Å². The fraction of sp³-hybridized carbons (Fsp3) is 0.571. The Kier molecular flexibility index (Phi) is 2.91. The number of benzene rings is 1. The third-order valence-electron chi connectivity index (χ3n) is 3.54. The lowest BCUT2D eigenvalue weighted by Crippen LogP contribution is -2.25. The topological polar surface area (TPSA) is 53.7 Å². The average molecular weight is 267 g/mol. The van der Waals surface area contributed by atoms with Crippen LogP contribution in [-0.2, 0) is 9.47 Å². The quantitative estimate of drug-likeness (QED) is 0.836. The monoisotopic (exact) mass is 267 g/mol. The molecular weight excluding hydrogens is 249 g/mol. The minimum Gasteiger partial charge on any atom is -0.488 e. The van der Waals surface area contributed by atoms with Crippen molar-refractivity contribution in [1.29, 1.82) is 0 Å². The van der Waals surface area contributed by atoms with Crippen molar-refractivity contribution in [3.63, 3.8) is 0 Å². The largest absolute Gasteiger partial charge is 0.488 e. The molecule has 0 radical (unpaired) electrons. The molecule has 0 aromatic heterocycles. The molecule has 3 rings (SSSR count). The Hall–Kier alpha value is -1.33. The summed E-state index contributed by atoms with van der Waals surface area (Å²) in [7, 11) is 0. The number of halogens is 1. The second-order valence-electron chi connectivity index (χ2n) is 5.61. The van der Waals surface area contributed by atoms with Crippen LogP contribution in [0.2, 0.25) is 0 Å². The Labute approximate surface area is 111 Å². The predicted molar refractivity (Wildman–Crippen MR) is 68.3 cm³/mol. The van der Waals surface area contributed by atoms with Crippen molar-refractivity contribution >= 4 is 5.69 Å². The van der Waals surface area contributed by atoms with Crippen LogP contribution in [0.5, 0.6) is 5.75 Å². The van der Waals surface area contributed by atoms with E-state index in [1.165, 1.54) is 18.2 Å². The maximum atomic E-state index is 13.2. The Morgan fingerprint density at radius 1 is 1.26 bits per heavy atom. The Bertz CT molecular complexity index is 476. The van der Waals surface area contributed by atoms with Gasteiger partial charge < -0.3 is 19.9 Å². The molecule has 1 heterocycles. The number of nitrogens with two attached hydrogens (primary N) is 1. The summed E-state index contributed by atoms with van der Waals surface area (Å²) in [5.41, 5.74) is 6.22. The molecule has 1 aliphatic heterocycles. The van der Waals surface area contributed by atoms with E-state index in [1.54, 1.807) is 0 Å². The zero-order valence-electron chi connectivity index (χ0n) is 11.1. The van der Waals surface area contributed by atoms with Gasteiger partial charge in [-0.15, -0.1) is 0 Å². The van der Waals surface area contributed by atoms with Gasteiger partial charge in [0.25, 0.3) is 0 Å². The molecule has 2 atom stereocenters. The van der Waals surface area contributed by atoms with Gasteiger partial charge in [-0.3, -0.25) is 0 Å². The first-order chi connectivity index (χ1) is 8.93. The van der Waals surface area contributed by atoms with E-state index in [0.29, 0.717) is 11.4 Å². The molecule has 2 N–H and O–H groups in total. The third-order valence-corrected chi connectivity index (χ3v) is 3.54. The first-order valence-corrected chi connectivity index (χ1v) is 6.50. The third kappa shape index (κ3) is 2.53. The van der Waals surface area contributed by atoms with Gasteiger partial charge in [0.05, 0.1) is 17.9 Å².